The van der Waals surface area contributed by atoms with Gasteiger partial charge in [0.25, 0.3) is 0 Å². The number of rotatable bonds is 5. The van der Waals surface area contributed by atoms with E-state index in [0.29, 0.717) is 12.1 Å². The lowest BCUT2D eigenvalue weighted by Gasteiger charge is -2.35. The van der Waals surface area contributed by atoms with E-state index < -0.39 is 0 Å². The van der Waals surface area contributed by atoms with Crippen molar-refractivity contribution in [3.8, 4) is 5.75 Å². The van der Waals surface area contributed by atoms with Crippen LogP contribution in [0.25, 0.3) is 10.9 Å². The number of anilines is 2. The van der Waals surface area contributed by atoms with Crippen molar-refractivity contribution in [1.29, 1.82) is 0 Å². The molecule has 6 nitrogen and oxygen atoms in total. The molecule has 0 bridgehead atoms. The molecule has 158 valence electrons. The van der Waals surface area contributed by atoms with Crippen molar-refractivity contribution in [1.82, 2.24) is 14.9 Å². The molecule has 2 aliphatic heterocycles. The Hall–Kier alpha value is -1.35. The van der Waals surface area contributed by atoms with E-state index in [1.807, 2.05) is 0 Å². The van der Waals surface area contributed by atoms with Crippen molar-refractivity contribution < 1.29 is 4.74 Å². The number of fused-ring (bicyclic) bond motifs is 1. The van der Waals surface area contributed by atoms with E-state index in [0.717, 1.165) is 71.0 Å². The minimum absolute atomic E-state index is 0.447. The number of nitrogens with one attached hydrogen (secondary N) is 1. The monoisotopic (exact) mass is 509 g/mol. The standard InChI is InChI=1S/C22H32IN5O/c1-15(2)27-11-7-16(8-12-27)24-21-17-13-20(29-3)18(23)14-19(17)25-22(26-21)28-9-5-4-6-10-28/h13-16H,4-12H2,1-3H3,(H,24,25,26). The number of hydrogen-bond acceptors (Lipinski definition) is 6. The molecule has 0 aliphatic carbocycles. The summed E-state index contributed by atoms with van der Waals surface area (Å²) in [6.45, 7) is 8.93. The van der Waals surface area contributed by atoms with E-state index in [-0.39, 0.29) is 0 Å². The van der Waals surface area contributed by atoms with Gasteiger partial charge < -0.3 is 19.9 Å². The zero-order valence-corrected chi connectivity index (χ0v) is 19.9. The number of likely N-dealkylation sites (tertiary alicyclic amines) is 1. The third kappa shape index (κ3) is 4.71. The number of methoxy groups -OCH3 is 1. The lowest BCUT2D eigenvalue weighted by Crippen LogP contribution is -2.42. The first-order chi connectivity index (χ1) is 14.0. The zero-order valence-electron chi connectivity index (χ0n) is 17.7. The Balaban J connectivity index is 1.66. The Morgan fingerprint density at radius 3 is 2.45 bits per heavy atom. The minimum Gasteiger partial charge on any atom is -0.496 e. The molecule has 2 fully saturated rings. The molecule has 29 heavy (non-hydrogen) atoms. The van der Waals surface area contributed by atoms with Gasteiger partial charge in [-0.25, -0.2) is 4.98 Å². The molecule has 7 heteroatoms. The lowest BCUT2D eigenvalue weighted by atomic mass is 10.0. The normalized spacial score (nSPS) is 19.1. The van der Waals surface area contributed by atoms with Gasteiger partial charge in [0.2, 0.25) is 5.95 Å². The molecule has 0 spiro atoms. The number of ether oxygens (including phenoxy) is 1. The van der Waals surface area contributed by atoms with Crippen LogP contribution in [0.15, 0.2) is 12.1 Å². The van der Waals surface area contributed by atoms with Crippen LogP contribution in [0, 0.1) is 3.57 Å². The van der Waals surface area contributed by atoms with Crippen LogP contribution in [0.1, 0.15) is 46.0 Å². The van der Waals surface area contributed by atoms with Gasteiger partial charge in [0.05, 0.1) is 16.2 Å². The molecule has 1 N–H and O–H groups in total. The molecule has 0 atom stereocenters. The maximum absolute atomic E-state index is 5.58. The molecular weight excluding hydrogens is 477 g/mol. The number of aromatic nitrogens is 2. The van der Waals surface area contributed by atoms with Crippen LogP contribution < -0.4 is 15.0 Å². The second-order valence-electron chi connectivity index (χ2n) is 8.47. The van der Waals surface area contributed by atoms with Gasteiger partial charge in [-0.1, -0.05) is 0 Å². The Morgan fingerprint density at radius 2 is 1.79 bits per heavy atom. The fourth-order valence-corrected chi connectivity index (χ4v) is 5.04. The van der Waals surface area contributed by atoms with Crippen LogP contribution in [0.3, 0.4) is 0 Å². The van der Waals surface area contributed by atoms with E-state index in [9.17, 15) is 0 Å². The fraction of sp³-hybridized carbons (Fsp3) is 0.636. The van der Waals surface area contributed by atoms with Crippen LogP contribution >= 0.6 is 22.6 Å². The van der Waals surface area contributed by atoms with Gasteiger partial charge in [-0.05, 0) is 80.7 Å². The van der Waals surface area contributed by atoms with E-state index in [1.165, 1.54) is 19.3 Å². The van der Waals surface area contributed by atoms with Crippen molar-refractivity contribution in [3.05, 3.63) is 15.7 Å². The first-order valence-corrected chi connectivity index (χ1v) is 11.9. The highest BCUT2D eigenvalue weighted by Gasteiger charge is 2.23. The van der Waals surface area contributed by atoms with Gasteiger partial charge in [-0.15, -0.1) is 0 Å². The second-order valence-corrected chi connectivity index (χ2v) is 9.63. The first-order valence-electron chi connectivity index (χ1n) is 10.9. The van der Waals surface area contributed by atoms with E-state index >= 15 is 0 Å². The second kappa shape index (κ2) is 9.20. The summed E-state index contributed by atoms with van der Waals surface area (Å²) in [5.41, 5.74) is 0.993. The van der Waals surface area contributed by atoms with Crippen molar-refractivity contribution in [3.63, 3.8) is 0 Å². The maximum atomic E-state index is 5.58. The Morgan fingerprint density at radius 1 is 1.07 bits per heavy atom. The summed E-state index contributed by atoms with van der Waals surface area (Å²) >= 11 is 2.33. The van der Waals surface area contributed by atoms with Crippen molar-refractivity contribution in [2.45, 2.75) is 58.0 Å². The molecule has 0 amide bonds. The van der Waals surface area contributed by atoms with Crippen LogP contribution in [-0.2, 0) is 0 Å². The van der Waals surface area contributed by atoms with Crippen molar-refractivity contribution in [2.75, 3.05) is 43.5 Å². The van der Waals surface area contributed by atoms with Gasteiger partial charge in [-0.2, -0.15) is 4.98 Å². The topological polar surface area (TPSA) is 53.5 Å². The highest BCUT2D eigenvalue weighted by molar-refractivity contribution is 14.1. The summed E-state index contributed by atoms with van der Waals surface area (Å²) in [7, 11) is 1.72. The highest BCUT2D eigenvalue weighted by atomic mass is 127. The average Bonchev–Trinajstić information content (AvgIpc) is 2.74. The third-order valence-corrected chi connectivity index (χ3v) is 7.04. The molecule has 0 saturated carbocycles. The summed E-state index contributed by atoms with van der Waals surface area (Å²) in [5.74, 6) is 2.69. The number of nitrogens with zero attached hydrogens (tertiary/aromatic N) is 4. The summed E-state index contributed by atoms with van der Waals surface area (Å²) in [6.07, 6.45) is 6.03. The molecule has 2 aromatic rings. The fourth-order valence-electron chi connectivity index (χ4n) is 4.37. The van der Waals surface area contributed by atoms with Crippen LogP contribution in [0.4, 0.5) is 11.8 Å². The molecule has 1 aromatic heterocycles. The summed E-state index contributed by atoms with van der Waals surface area (Å²) in [6, 6.07) is 5.27. The number of piperidine rings is 2. The molecule has 0 unspecified atom stereocenters. The third-order valence-electron chi connectivity index (χ3n) is 6.20. The number of halogens is 1. The van der Waals surface area contributed by atoms with Crippen molar-refractivity contribution >= 4 is 45.3 Å². The predicted octanol–water partition coefficient (Wildman–Crippen LogP) is 4.52. The van der Waals surface area contributed by atoms with Gasteiger partial charge in [0, 0.05) is 43.6 Å². The molecular formula is C22H32IN5O. The van der Waals surface area contributed by atoms with Crippen LogP contribution in [0.5, 0.6) is 5.75 Å². The van der Waals surface area contributed by atoms with E-state index in [1.54, 1.807) is 7.11 Å². The van der Waals surface area contributed by atoms with Gasteiger partial charge in [0.1, 0.15) is 11.6 Å². The predicted molar refractivity (Wildman–Crippen MR) is 128 cm³/mol. The van der Waals surface area contributed by atoms with Crippen LogP contribution in [0.2, 0.25) is 0 Å². The number of hydrogen-bond donors (Lipinski definition) is 1. The Kier molecular flexibility index (Phi) is 6.63. The zero-order chi connectivity index (χ0) is 20.4. The van der Waals surface area contributed by atoms with E-state index in [4.69, 9.17) is 14.7 Å². The first kappa shape index (κ1) is 20.9. The van der Waals surface area contributed by atoms with E-state index in [2.05, 4.69) is 63.7 Å². The molecule has 0 radical (unpaired) electrons. The smallest absolute Gasteiger partial charge is 0.227 e. The van der Waals surface area contributed by atoms with Gasteiger partial charge in [-0.3, -0.25) is 0 Å². The SMILES string of the molecule is COc1cc2c(NC3CCN(C(C)C)CC3)nc(N3CCCCC3)nc2cc1I. The summed E-state index contributed by atoms with van der Waals surface area (Å²) in [5, 5.41) is 4.82. The van der Waals surface area contributed by atoms with Crippen molar-refractivity contribution in [2.24, 2.45) is 0 Å². The molecule has 1 aromatic carbocycles. The average molecular weight is 509 g/mol. The highest BCUT2D eigenvalue weighted by Crippen LogP contribution is 2.33. The lowest BCUT2D eigenvalue weighted by molar-refractivity contribution is 0.177. The van der Waals surface area contributed by atoms with Crippen LogP contribution in [-0.4, -0.2) is 60.2 Å². The molecule has 4 rings (SSSR count). The largest absolute Gasteiger partial charge is 0.496 e. The maximum Gasteiger partial charge on any atom is 0.227 e. The molecule has 2 aliphatic rings. The quantitative estimate of drug-likeness (QED) is 0.599. The van der Waals surface area contributed by atoms with Gasteiger partial charge in [0.15, 0.2) is 0 Å². The minimum atomic E-state index is 0.447. The van der Waals surface area contributed by atoms with Gasteiger partial charge >= 0.3 is 0 Å². The summed E-state index contributed by atoms with van der Waals surface area (Å²) < 4.78 is 6.66. The number of benzene rings is 1. The Bertz CT molecular complexity index is 845. The Labute approximate surface area is 187 Å². The summed E-state index contributed by atoms with van der Waals surface area (Å²) in [4.78, 5) is 14.8. The molecule has 3 heterocycles. The molecule has 2 saturated heterocycles.